The average Bonchev–Trinajstić information content (AvgIpc) is 2.77. The predicted molar refractivity (Wildman–Crippen MR) is 89.8 cm³/mol. The van der Waals surface area contributed by atoms with E-state index in [2.05, 4.69) is 11.4 Å². The number of para-hydroxylation sites is 1. The number of carbonyl (C=O) groups is 1. The molecule has 24 heavy (non-hydrogen) atoms. The fourth-order valence-corrected chi connectivity index (χ4v) is 3.05. The smallest absolute Gasteiger partial charge is 0.239 e. The summed E-state index contributed by atoms with van der Waals surface area (Å²) >= 11 is 0. The monoisotopic (exact) mass is 330 g/mol. The second-order valence-corrected chi connectivity index (χ2v) is 5.98. The lowest BCUT2D eigenvalue weighted by Gasteiger charge is -2.24. The summed E-state index contributed by atoms with van der Waals surface area (Å²) in [5.41, 5.74) is 2.20. The SMILES string of the molecule is O=C(CN1CCCCc2ccccc21)NCc1c(F)cccc1F. The molecule has 0 bridgehead atoms. The van der Waals surface area contributed by atoms with Gasteiger partial charge in [-0.3, -0.25) is 4.79 Å². The van der Waals surface area contributed by atoms with Gasteiger partial charge in [0, 0.05) is 24.3 Å². The predicted octanol–water partition coefficient (Wildman–Crippen LogP) is 3.42. The molecule has 2 aromatic rings. The molecule has 126 valence electrons. The van der Waals surface area contributed by atoms with Crippen molar-refractivity contribution in [3.63, 3.8) is 0 Å². The molecular formula is C19H20F2N2O. The Bertz CT molecular complexity index is 713. The molecule has 3 nitrogen and oxygen atoms in total. The van der Waals surface area contributed by atoms with Gasteiger partial charge in [-0.25, -0.2) is 8.78 Å². The number of benzene rings is 2. The van der Waals surface area contributed by atoms with Gasteiger partial charge >= 0.3 is 0 Å². The third-order valence-electron chi connectivity index (χ3n) is 4.31. The fourth-order valence-electron chi connectivity index (χ4n) is 3.05. The molecule has 0 atom stereocenters. The minimum atomic E-state index is -0.643. The Hall–Kier alpha value is -2.43. The van der Waals surface area contributed by atoms with Gasteiger partial charge in [0.15, 0.2) is 0 Å². The zero-order valence-corrected chi connectivity index (χ0v) is 13.4. The number of nitrogens with one attached hydrogen (secondary N) is 1. The van der Waals surface area contributed by atoms with E-state index in [0.29, 0.717) is 0 Å². The van der Waals surface area contributed by atoms with Gasteiger partial charge in [0.25, 0.3) is 0 Å². The van der Waals surface area contributed by atoms with Gasteiger partial charge in [0.2, 0.25) is 5.91 Å². The Balaban J connectivity index is 1.65. The van der Waals surface area contributed by atoms with Crippen LogP contribution in [0.3, 0.4) is 0 Å². The van der Waals surface area contributed by atoms with Crippen molar-refractivity contribution in [3.05, 3.63) is 65.2 Å². The Labute approximate surface area is 140 Å². The molecular weight excluding hydrogens is 310 g/mol. The lowest BCUT2D eigenvalue weighted by molar-refractivity contribution is -0.119. The number of rotatable bonds is 4. The number of amides is 1. The first kappa shape index (κ1) is 16.4. The third-order valence-corrected chi connectivity index (χ3v) is 4.31. The molecule has 1 aliphatic rings. The first-order chi connectivity index (χ1) is 11.6. The minimum Gasteiger partial charge on any atom is -0.362 e. The van der Waals surface area contributed by atoms with E-state index in [0.717, 1.165) is 31.5 Å². The minimum absolute atomic E-state index is 0.109. The highest BCUT2D eigenvalue weighted by Crippen LogP contribution is 2.25. The average molecular weight is 330 g/mol. The van der Waals surface area contributed by atoms with Crippen molar-refractivity contribution in [3.8, 4) is 0 Å². The molecule has 2 aromatic carbocycles. The summed E-state index contributed by atoms with van der Waals surface area (Å²) in [6.07, 6.45) is 3.12. The molecule has 5 heteroatoms. The van der Waals surface area contributed by atoms with Gasteiger partial charge in [0.1, 0.15) is 11.6 Å². The van der Waals surface area contributed by atoms with E-state index >= 15 is 0 Å². The molecule has 1 heterocycles. The molecule has 0 aliphatic carbocycles. The quantitative estimate of drug-likeness (QED) is 0.931. The van der Waals surface area contributed by atoms with Crippen LogP contribution >= 0.6 is 0 Å². The van der Waals surface area contributed by atoms with E-state index < -0.39 is 11.6 Å². The van der Waals surface area contributed by atoms with Crippen LogP contribution < -0.4 is 10.2 Å². The second-order valence-electron chi connectivity index (χ2n) is 5.98. The normalized spacial score (nSPS) is 14.0. The molecule has 0 saturated carbocycles. The molecule has 1 amide bonds. The van der Waals surface area contributed by atoms with Crippen LogP contribution in [-0.2, 0) is 17.8 Å². The maximum atomic E-state index is 13.6. The first-order valence-electron chi connectivity index (χ1n) is 8.17. The molecule has 3 rings (SSSR count). The summed E-state index contributed by atoms with van der Waals surface area (Å²) in [6, 6.07) is 11.8. The molecule has 0 spiro atoms. The Morgan fingerprint density at radius 2 is 1.79 bits per heavy atom. The maximum absolute atomic E-state index is 13.6. The van der Waals surface area contributed by atoms with Gasteiger partial charge in [-0.2, -0.15) is 0 Å². The van der Waals surface area contributed by atoms with Gasteiger partial charge in [-0.05, 0) is 43.0 Å². The largest absolute Gasteiger partial charge is 0.362 e. The second kappa shape index (κ2) is 7.43. The summed E-state index contributed by atoms with van der Waals surface area (Å²) in [4.78, 5) is 14.3. The number of anilines is 1. The zero-order chi connectivity index (χ0) is 16.9. The van der Waals surface area contributed by atoms with Crippen LogP contribution in [0, 0.1) is 11.6 Å². The Kier molecular flexibility index (Phi) is 5.08. The van der Waals surface area contributed by atoms with Gasteiger partial charge < -0.3 is 10.2 Å². The lowest BCUT2D eigenvalue weighted by Crippen LogP contribution is -2.37. The number of carbonyl (C=O) groups excluding carboxylic acids is 1. The van der Waals surface area contributed by atoms with Crippen molar-refractivity contribution in [2.75, 3.05) is 18.0 Å². The first-order valence-corrected chi connectivity index (χ1v) is 8.17. The Morgan fingerprint density at radius 1 is 1.04 bits per heavy atom. The molecule has 0 fully saturated rings. The van der Waals surface area contributed by atoms with Crippen LogP contribution in [0.15, 0.2) is 42.5 Å². The summed E-state index contributed by atoms with van der Waals surface area (Å²) < 4.78 is 27.2. The van der Waals surface area contributed by atoms with Crippen molar-refractivity contribution in [2.24, 2.45) is 0 Å². The third kappa shape index (κ3) is 3.72. The van der Waals surface area contributed by atoms with Crippen LogP contribution in [0.2, 0.25) is 0 Å². The van der Waals surface area contributed by atoms with Crippen molar-refractivity contribution in [1.29, 1.82) is 0 Å². The number of hydrogen-bond donors (Lipinski definition) is 1. The highest BCUT2D eigenvalue weighted by molar-refractivity contribution is 5.81. The van der Waals surface area contributed by atoms with E-state index in [1.165, 1.54) is 23.8 Å². The number of fused-ring (bicyclic) bond motifs is 1. The van der Waals surface area contributed by atoms with Crippen molar-refractivity contribution in [2.45, 2.75) is 25.8 Å². The van der Waals surface area contributed by atoms with E-state index in [9.17, 15) is 13.6 Å². The topological polar surface area (TPSA) is 32.3 Å². The van der Waals surface area contributed by atoms with Crippen LogP contribution in [0.5, 0.6) is 0 Å². The summed E-state index contributed by atoms with van der Waals surface area (Å²) in [5, 5.41) is 2.62. The highest BCUT2D eigenvalue weighted by atomic mass is 19.1. The maximum Gasteiger partial charge on any atom is 0.239 e. The molecule has 1 N–H and O–H groups in total. The summed E-state index contributed by atoms with van der Waals surface area (Å²) in [6.45, 7) is 0.846. The lowest BCUT2D eigenvalue weighted by atomic mass is 10.1. The summed E-state index contributed by atoms with van der Waals surface area (Å²) in [5.74, 6) is -1.53. The van der Waals surface area contributed by atoms with Crippen molar-refractivity contribution >= 4 is 11.6 Å². The standard InChI is InChI=1S/C19H20F2N2O/c20-16-8-5-9-17(21)15(16)12-22-19(24)13-23-11-4-3-7-14-6-1-2-10-18(14)23/h1-2,5-6,8-10H,3-4,7,11-13H2,(H,22,24). The molecule has 0 radical (unpaired) electrons. The number of halogens is 2. The van der Waals surface area contributed by atoms with E-state index in [1.54, 1.807) is 0 Å². The van der Waals surface area contributed by atoms with Gasteiger partial charge in [0.05, 0.1) is 6.54 Å². The van der Waals surface area contributed by atoms with E-state index in [1.807, 2.05) is 23.1 Å². The molecule has 0 unspecified atom stereocenters. The highest BCUT2D eigenvalue weighted by Gasteiger charge is 2.18. The fraction of sp³-hybridized carbons (Fsp3) is 0.316. The van der Waals surface area contributed by atoms with E-state index in [4.69, 9.17) is 0 Å². The molecule has 1 aliphatic heterocycles. The van der Waals surface area contributed by atoms with Crippen molar-refractivity contribution < 1.29 is 13.6 Å². The Morgan fingerprint density at radius 3 is 2.58 bits per heavy atom. The number of hydrogen-bond acceptors (Lipinski definition) is 2. The number of aryl methyl sites for hydroxylation is 1. The van der Waals surface area contributed by atoms with Crippen LogP contribution in [0.4, 0.5) is 14.5 Å². The van der Waals surface area contributed by atoms with Gasteiger partial charge in [-0.1, -0.05) is 24.3 Å². The zero-order valence-electron chi connectivity index (χ0n) is 13.4. The summed E-state index contributed by atoms with van der Waals surface area (Å²) in [7, 11) is 0. The van der Waals surface area contributed by atoms with Crippen molar-refractivity contribution in [1.82, 2.24) is 5.32 Å². The van der Waals surface area contributed by atoms with Gasteiger partial charge in [-0.15, -0.1) is 0 Å². The molecule has 0 saturated heterocycles. The van der Waals surface area contributed by atoms with Crippen LogP contribution in [0.25, 0.3) is 0 Å². The van der Waals surface area contributed by atoms with E-state index in [-0.39, 0.29) is 24.6 Å². The van der Waals surface area contributed by atoms with Crippen LogP contribution in [0.1, 0.15) is 24.0 Å². The number of nitrogens with zero attached hydrogens (tertiary/aromatic N) is 1. The molecule has 0 aromatic heterocycles. The van der Waals surface area contributed by atoms with Crippen LogP contribution in [-0.4, -0.2) is 19.0 Å².